The molecule has 0 amide bonds. The normalized spacial score (nSPS) is 12.7. The van der Waals surface area contributed by atoms with E-state index in [2.05, 4.69) is 0 Å². The largest absolute Gasteiger partial charge is 0.486 e. The van der Waals surface area contributed by atoms with Crippen LogP contribution >= 0.6 is 0 Å². The van der Waals surface area contributed by atoms with E-state index in [1.165, 1.54) is 12.1 Å². The minimum absolute atomic E-state index is 0.244. The molecule has 0 aromatic heterocycles. The van der Waals surface area contributed by atoms with Gasteiger partial charge in [0, 0.05) is 0 Å². The van der Waals surface area contributed by atoms with Gasteiger partial charge in [-0.15, -0.1) is 0 Å². The third kappa shape index (κ3) is 2.35. The summed E-state index contributed by atoms with van der Waals surface area (Å²) in [4.78, 5) is 22.7. The van der Waals surface area contributed by atoms with Gasteiger partial charge in [0.25, 0.3) is 0 Å². The van der Waals surface area contributed by atoms with Crippen molar-refractivity contribution in [1.29, 1.82) is 0 Å². The molecule has 6 heteroatoms. The first-order valence-electron chi connectivity index (χ1n) is 6.57. The Hall–Kier alpha value is -3.02. The lowest BCUT2D eigenvalue weighted by Gasteiger charge is -2.19. The number of carboxylic acid groups (broad SMARTS) is 2. The van der Waals surface area contributed by atoms with E-state index in [-0.39, 0.29) is 11.1 Å². The number of ether oxygens (including phenoxy) is 2. The van der Waals surface area contributed by atoms with Crippen molar-refractivity contribution < 1.29 is 29.3 Å². The SMILES string of the molecule is O=C(O)c1cccc(-c2ccc3c(c2)OCCO3)c1C(=O)O. The molecular weight excluding hydrogens is 288 g/mol. The number of carbonyl (C=O) groups is 2. The molecule has 112 valence electrons. The summed E-state index contributed by atoms with van der Waals surface area (Å²) >= 11 is 0. The van der Waals surface area contributed by atoms with Crippen LogP contribution in [-0.4, -0.2) is 35.4 Å². The summed E-state index contributed by atoms with van der Waals surface area (Å²) in [5.41, 5.74) is 0.390. The fraction of sp³-hybridized carbons (Fsp3) is 0.125. The van der Waals surface area contributed by atoms with E-state index in [0.717, 1.165) is 0 Å². The minimum Gasteiger partial charge on any atom is -0.486 e. The van der Waals surface area contributed by atoms with Crippen LogP contribution in [0.5, 0.6) is 11.5 Å². The second-order valence-corrected chi connectivity index (χ2v) is 4.70. The van der Waals surface area contributed by atoms with E-state index in [1.807, 2.05) is 0 Å². The maximum Gasteiger partial charge on any atom is 0.337 e. The maximum atomic E-state index is 11.5. The van der Waals surface area contributed by atoms with E-state index in [1.54, 1.807) is 24.3 Å². The summed E-state index contributed by atoms with van der Waals surface area (Å²) in [7, 11) is 0. The molecule has 1 heterocycles. The molecular formula is C16H12O6. The van der Waals surface area contributed by atoms with Crippen LogP contribution in [0.1, 0.15) is 20.7 Å². The van der Waals surface area contributed by atoms with Crippen molar-refractivity contribution in [3.63, 3.8) is 0 Å². The number of rotatable bonds is 3. The number of benzene rings is 2. The zero-order valence-electron chi connectivity index (χ0n) is 11.4. The van der Waals surface area contributed by atoms with Crippen molar-refractivity contribution >= 4 is 11.9 Å². The highest BCUT2D eigenvalue weighted by molar-refractivity contribution is 6.06. The van der Waals surface area contributed by atoms with Gasteiger partial charge in [0.1, 0.15) is 13.2 Å². The lowest BCUT2D eigenvalue weighted by atomic mass is 9.95. The fourth-order valence-corrected chi connectivity index (χ4v) is 2.41. The molecule has 0 bridgehead atoms. The molecule has 3 rings (SSSR count). The van der Waals surface area contributed by atoms with Gasteiger partial charge in [-0.3, -0.25) is 0 Å². The summed E-state index contributed by atoms with van der Waals surface area (Å²) < 4.78 is 10.9. The van der Waals surface area contributed by atoms with E-state index in [4.69, 9.17) is 14.6 Å². The Bertz CT molecular complexity index is 765. The average molecular weight is 300 g/mol. The minimum atomic E-state index is -1.29. The number of hydrogen-bond donors (Lipinski definition) is 2. The average Bonchev–Trinajstić information content (AvgIpc) is 2.53. The molecule has 0 saturated heterocycles. The van der Waals surface area contributed by atoms with Gasteiger partial charge in [-0.2, -0.15) is 0 Å². The summed E-state index contributed by atoms with van der Waals surface area (Å²) in [6.45, 7) is 0.874. The molecule has 0 fully saturated rings. The predicted octanol–water partition coefficient (Wildman–Crippen LogP) is 2.52. The molecule has 0 aliphatic carbocycles. The summed E-state index contributed by atoms with van der Waals surface area (Å²) in [6.07, 6.45) is 0. The number of fused-ring (bicyclic) bond motifs is 1. The number of hydrogen-bond acceptors (Lipinski definition) is 4. The Morgan fingerprint density at radius 1 is 0.909 bits per heavy atom. The highest BCUT2D eigenvalue weighted by Crippen LogP contribution is 2.36. The van der Waals surface area contributed by atoms with Crippen molar-refractivity contribution in [3.05, 3.63) is 47.5 Å². The second-order valence-electron chi connectivity index (χ2n) is 4.70. The van der Waals surface area contributed by atoms with Crippen LogP contribution in [0, 0.1) is 0 Å². The molecule has 2 aromatic rings. The van der Waals surface area contributed by atoms with Crippen molar-refractivity contribution in [3.8, 4) is 22.6 Å². The van der Waals surface area contributed by atoms with Gasteiger partial charge in [0.2, 0.25) is 0 Å². The molecule has 1 aliphatic rings. The van der Waals surface area contributed by atoms with Gasteiger partial charge in [-0.1, -0.05) is 18.2 Å². The van der Waals surface area contributed by atoms with E-state index >= 15 is 0 Å². The van der Waals surface area contributed by atoms with Gasteiger partial charge in [0.15, 0.2) is 11.5 Å². The Balaban J connectivity index is 2.18. The first-order valence-corrected chi connectivity index (χ1v) is 6.57. The predicted molar refractivity (Wildman–Crippen MR) is 76.8 cm³/mol. The molecule has 0 saturated carbocycles. The summed E-state index contributed by atoms with van der Waals surface area (Å²) in [5, 5.41) is 18.5. The molecule has 22 heavy (non-hydrogen) atoms. The highest BCUT2D eigenvalue weighted by Gasteiger charge is 2.22. The molecule has 0 atom stereocenters. The maximum absolute atomic E-state index is 11.5. The van der Waals surface area contributed by atoms with Crippen LogP contribution in [0.15, 0.2) is 36.4 Å². The Labute approximate surface area is 125 Å². The first-order chi connectivity index (χ1) is 10.6. The van der Waals surface area contributed by atoms with Gasteiger partial charge >= 0.3 is 11.9 Å². The lowest BCUT2D eigenvalue weighted by Crippen LogP contribution is -2.15. The molecule has 0 radical (unpaired) electrons. The van der Waals surface area contributed by atoms with Crippen LogP contribution in [0.4, 0.5) is 0 Å². The Morgan fingerprint density at radius 3 is 2.32 bits per heavy atom. The molecule has 2 N–H and O–H groups in total. The third-order valence-corrected chi connectivity index (χ3v) is 3.36. The quantitative estimate of drug-likeness (QED) is 0.904. The van der Waals surface area contributed by atoms with Crippen molar-refractivity contribution in [1.82, 2.24) is 0 Å². The van der Waals surface area contributed by atoms with Gasteiger partial charge < -0.3 is 19.7 Å². The zero-order chi connectivity index (χ0) is 15.7. The zero-order valence-corrected chi connectivity index (χ0v) is 11.4. The summed E-state index contributed by atoms with van der Waals surface area (Å²) in [6, 6.07) is 9.38. The summed E-state index contributed by atoms with van der Waals surface area (Å²) in [5.74, 6) is -1.47. The van der Waals surface area contributed by atoms with E-state index in [0.29, 0.717) is 35.8 Å². The molecule has 2 aromatic carbocycles. The highest BCUT2D eigenvalue weighted by atomic mass is 16.6. The van der Waals surface area contributed by atoms with Crippen LogP contribution < -0.4 is 9.47 Å². The third-order valence-electron chi connectivity index (χ3n) is 3.36. The van der Waals surface area contributed by atoms with Crippen molar-refractivity contribution in [2.75, 3.05) is 13.2 Å². The fourth-order valence-electron chi connectivity index (χ4n) is 2.41. The van der Waals surface area contributed by atoms with Crippen molar-refractivity contribution in [2.24, 2.45) is 0 Å². The van der Waals surface area contributed by atoms with Crippen LogP contribution in [0.2, 0.25) is 0 Å². The van der Waals surface area contributed by atoms with Gasteiger partial charge in [-0.05, 0) is 29.3 Å². The second kappa shape index (κ2) is 5.40. The van der Waals surface area contributed by atoms with E-state index in [9.17, 15) is 14.7 Å². The van der Waals surface area contributed by atoms with Crippen LogP contribution in [-0.2, 0) is 0 Å². The monoisotopic (exact) mass is 300 g/mol. The molecule has 0 unspecified atom stereocenters. The van der Waals surface area contributed by atoms with Crippen LogP contribution in [0.3, 0.4) is 0 Å². The van der Waals surface area contributed by atoms with E-state index < -0.39 is 11.9 Å². The Kier molecular flexibility index (Phi) is 3.42. The molecule has 0 spiro atoms. The lowest BCUT2D eigenvalue weighted by molar-refractivity contribution is 0.0652. The van der Waals surface area contributed by atoms with Gasteiger partial charge in [0.05, 0.1) is 11.1 Å². The smallest absolute Gasteiger partial charge is 0.337 e. The number of carboxylic acids is 2. The Morgan fingerprint density at radius 2 is 1.64 bits per heavy atom. The molecule has 1 aliphatic heterocycles. The van der Waals surface area contributed by atoms with Gasteiger partial charge in [-0.25, -0.2) is 9.59 Å². The van der Waals surface area contributed by atoms with Crippen molar-refractivity contribution in [2.45, 2.75) is 0 Å². The number of aromatic carboxylic acids is 2. The first kappa shape index (κ1) is 13.9. The standard InChI is InChI=1S/C16H12O6/c17-15(18)11-3-1-2-10(14(11)16(19)20)9-4-5-12-13(8-9)22-7-6-21-12/h1-5,8H,6-7H2,(H,17,18)(H,19,20). The van der Waals surface area contributed by atoms with Crippen LogP contribution in [0.25, 0.3) is 11.1 Å². The molecule has 6 nitrogen and oxygen atoms in total. The topological polar surface area (TPSA) is 93.1 Å².